The Morgan fingerprint density at radius 3 is 2.58 bits per heavy atom. The molecule has 33 heavy (non-hydrogen) atoms. The van der Waals surface area contributed by atoms with Gasteiger partial charge in [-0.1, -0.05) is 12.1 Å². The summed E-state index contributed by atoms with van der Waals surface area (Å²) in [6.45, 7) is 1.03. The molecule has 0 aliphatic rings. The monoisotopic (exact) mass is 439 g/mol. The van der Waals surface area contributed by atoms with E-state index >= 15 is 0 Å². The first-order chi connectivity index (χ1) is 16.3. The van der Waals surface area contributed by atoms with E-state index in [1.54, 1.807) is 30.6 Å². The average molecular weight is 440 g/mol. The number of hydrogen-bond acceptors (Lipinski definition) is 6. The van der Waals surface area contributed by atoms with E-state index < -0.39 is 0 Å². The molecule has 0 fully saturated rings. The number of carbonyl (C=O) groups is 1. The van der Waals surface area contributed by atoms with Gasteiger partial charge in [0.25, 0.3) is 0 Å². The number of carbonyl (C=O) groups excluding carboxylic acids is 1. The maximum absolute atomic E-state index is 12.0. The second-order valence-electron chi connectivity index (χ2n) is 7.39. The Labute approximate surface area is 193 Å². The lowest BCUT2D eigenvalue weighted by molar-refractivity contribution is -0.107. The number of methoxy groups -OCH3 is 1. The van der Waals surface area contributed by atoms with E-state index in [1.165, 1.54) is 0 Å². The van der Waals surface area contributed by atoms with Crippen molar-refractivity contribution in [2.24, 2.45) is 0 Å². The summed E-state index contributed by atoms with van der Waals surface area (Å²) in [4.78, 5) is 27.0. The summed E-state index contributed by atoms with van der Waals surface area (Å²) in [5, 5.41) is 3.40. The van der Waals surface area contributed by atoms with E-state index in [2.05, 4.69) is 15.3 Å². The second kappa shape index (κ2) is 10.9. The van der Waals surface area contributed by atoms with Crippen molar-refractivity contribution in [2.45, 2.75) is 13.0 Å². The minimum Gasteiger partial charge on any atom is -0.497 e. The lowest BCUT2D eigenvalue weighted by Crippen LogP contribution is -2.23. The van der Waals surface area contributed by atoms with Crippen LogP contribution in [0.3, 0.4) is 0 Å². The van der Waals surface area contributed by atoms with E-state index in [0.29, 0.717) is 24.6 Å². The number of pyridine rings is 3. The highest BCUT2D eigenvalue weighted by molar-refractivity contribution is 5.83. The molecule has 0 aliphatic carbocycles. The van der Waals surface area contributed by atoms with Crippen LogP contribution in [-0.4, -0.2) is 35.0 Å². The molecule has 3 heterocycles. The van der Waals surface area contributed by atoms with Gasteiger partial charge >= 0.3 is 0 Å². The highest BCUT2D eigenvalue weighted by Crippen LogP contribution is 2.29. The molecule has 1 N–H and O–H groups in total. The van der Waals surface area contributed by atoms with Gasteiger partial charge in [-0.3, -0.25) is 14.8 Å². The molecule has 0 unspecified atom stereocenters. The molecular weight excluding hydrogens is 414 g/mol. The predicted octanol–water partition coefficient (Wildman–Crippen LogP) is 4.36. The Morgan fingerprint density at radius 1 is 1.00 bits per heavy atom. The molecule has 3 aromatic heterocycles. The smallest absolute Gasteiger partial charge is 0.214 e. The fraction of sp³-hybridized carbons (Fsp3) is 0.154. The van der Waals surface area contributed by atoms with Crippen molar-refractivity contribution >= 4 is 17.9 Å². The third-order valence-electron chi connectivity index (χ3n) is 5.17. The topological polar surface area (TPSA) is 80.2 Å². The maximum atomic E-state index is 12.0. The van der Waals surface area contributed by atoms with Crippen LogP contribution in [0.5, 0.6) is 5.75 Å². The first-order valence-electron chi connectivity index (χ1n) is 10.7. The Kier molecular flexibility index (Phi) is 7.22. The van der Waals surface area contributed by atoms with E-state index in [4.69, 9.17) is 9.72 Å². The minimum atomic E-state index is 0.399. The summed E-state index contributed by atoms with van der Waals surface area (Å²) in [7, 11) is 1.64. The molecule has 0 spiro atoms. The summed E-state index contributed by atoms with van der Waals surface area (Å²) >= 11 is 0. The number of hydrogen-bond donors (Lipinski definition) is 1. The number of ether oxygens (including phenoxy) is 1. The van der Waals surface area contributed by atoms with Crippen LogP contribution in [0.2, 0.25) is 0 Å². The number of benzene rings is 1. The molecule has 0 aliphatic heterocycles. The van der Waals surface area contributed by atoms with Crippen LogP contribution in [0.25, 0.3) is 11.3 Å². The van der Waals surface area contributed by atoms with Crippen LogP contribution in [0.15, 0.2) is 85.3 Å². The zero-order valence-corrected chi connectivity index (χ0v) is 18.4. The molecule has 0 bridgehead atoms. The molecule has 0 radical (unpaired) electrons. The third-order valence-corrected chi connectivity index (χ3v) is 5.17. The number of anilines is 2. The third kappa shape index (κ3) is 5.71. The molecule has 7 nitrogen and oxygen atoms in total. The van der Waals surface area contributed by atoms with Gasteiger partial charge in [-0.2, -0.15) is 0 Å². The number of nitrogens with zero attached hydrogens (tertiary/aromatic N) is 4. The number of amides is 1. The van der Waals surface area contributed by atoms with Gasteiger partial charge in [0.1, 0.15) is 5.75 Å². The molecule has 0 atom stereocenters. The van der Waals surface area contributed by atoms with E-state index in [-0.39, 0.29) is 0 Å². The highest BCUT2D eigenvalue weighted by atomic mass is 16.5. The molecule has 1 aromatic carbocycles. The van der Waals surface area contributed by atoms with Gasteiger partial charge in [-0.25, -0.2) is 4.98 Å². The number of nitrogens with one attached hydrogen (secondary N) is 1. The van der Waals surface area contributed by atoms with E-state index in [0.717, 1.165) is 41.1 Å². The van der Waals surface area contributed by atoms with Crippen molar-refractivity contribution in [3.05, 3.63) is 96.6 Å². The first kappa shape index (κ1) is 22.0. The van der Waals surface area contributed by atoms with Crippen LogP contribution in [0, 0.1) is 0 Å². The van der Waals surface area contributed by atoms with Gasteiger partial charge in [0, 0.05) is 42.8 Å². The normalized spacial score (nSPS) is 10.5. The average Bonchev–Trinajstić information content (AvgIpc) is 2.89. The minimum absolute atomic E-state index is 0.399. The molecule has 4 rings (SSSR count). The summed E-state index contributed by atoms with van der Waals surface area (Å²) < 4.78 is 5.26. The van der Waals surface area contributed by atoms with Crippen LogP contribution in [0.1, 0.15) is 11.3 Å². The molecule has 4 aromatic rings. The highest BCUT2D eigenvalue weighted by Gasteiger charge is 2.15. The fourth-order valence-corrected chi connectivity index (χ4v) is 3.46. The first-order valence-corrected chi connectivity index (χ1v) is 10.7. The quantitative estimate of drug-likeness (QED) is 0.370. The standard InChI is InChI=1S/C26H25N5O2/c1-33-23-9-7-21(8-10-23)24-11-12-25(31(19-32)18-20-5-4-14-27-17-20)26(30-24)29-16-13-22-6-2-3-15-28-22/h2-12,14-15,17,19H,13,16,18H2,1H3,(H,29,30). The summed E-state index contributed by atoms with van der Waals surface area (Å²) in [5.41, 5.74) is 4.38. The van der Waals surface area contributed by atoms with Crippen molar-refractivity contribution in [3.63, 3.8) is 0 Å². The SMILES string of the molecule is COc1ccc(-c2ccc(N(C=O)Cc3cccnc3)c(NCCc3ccccn3)n2)cc1. The molecule has 166 valence electrons. The lowest BCUT2D eigenvalue weighted by atomic mass is 10.1. The number of rotatable bonds is 10. The molecule has 0 saturated carbocycles. The lowest BCUT2D eigenvalue weighted by Gasteiger charge is -2.21. The maximum Gasteiger partial charge on any atom is 0.214 e. The molecule has 1 amide bonds. The molecule has 7 heteroatoms. The Balaban J connectivity index is 1.62. The van der Waals surface area contributed by atoms with Crippen molar-refractivity contribution in [1.29, 1.82) is 0 Å². The fourth-order valence-electron chi connectivity index (χ4n) is 3.46. The molecular formula is C26H25N5O2. The van der Waals surface area contributed by atoms with Crippen molar-refractivity contribution in [1.82, 2.24) is 15.0 Å². The Bertz CT molecular complexity index is 1170. The van der Waals surface area contributed by atoms with Crippen LogP contribution in [0.4, 0.5) is 11.5 Å². The van der Waals surface area contributed by atoms with Gasteiger partial charge in [-0.05, 0) is 60.2 Å². The summed E-state index contributed by atoms with van der Waals surface area (Å²) in [6.07, 6.45) is 6.80. The summed E-state index contributed by atoms with van der Waals surface area (Å²) in [5.74, 6) is 1.42. The van der Waals surface area contributed by atoms with Crippen molar-refractivity contribution in [2.75, 3.05) is 23.9 Å². The van der Waals surface area contributed by atoms with Crippen molar-refractivity contribution in [3.8, 4) is 17.0 Å². The molecule has 0 saturated heterocycles. The van der Waals surface area contributed by atoms with Gasteiger partial charge in [-0.15, -0.1) is 0 Å². The zero-order valence-electron chi connectivity index (χ0n) is 18.4. The van der Waals surface area contributed by atoms with E-state index in [9.17, 15) is 4.79 Å². The Morgan fingerprint density at radius 2 is 1.88 bits per heavy atom. The largest absolute Gasteiger partial charge is 0.497 e. The van der Waals surface area contributed by atoms with Gasteiger partial charge < -0.3 is 15.0 Å². The van der Waals surface area contributed by atoms with Gasteiger partial charge in [0.05, 0.1) is 25.0 Å². The van der Waals surface area contributed by atoms with Crippen LogP contribution < -0.4 is 15.0 Å². The Hall–Kier alpha value is -4.26. The van der Waals surface area contributed by atoms with Crippen LogP contribution >= 0.6 is 0 Å². The van der Waals surface area contributed by atoms with Gasteiger partial charge in [0.15, 0.2) is 5.82 Å². The zero-order chi connectivity index (χ0) is 22.9. The number of aromatic nitrogens is 3. The van der Waals surface area contributed by atoms with E-state index in [1.807, 2.05) is 66.7 Å². The van der Waals surface area contributed by atoms with Crippen LogP contribution in [-0.2, 0) is 17.8 Å². The second-order valence-corrected chi connectivity index (χ2v) is 7.39. The van der Waals surface area contributed by atoms with Crippen molar-refractivity contribution < 1.29 is 9.53 Å². The summed E-state index contributed by atoms with van der Waals surface area (Å²) in [6, 6.07) is 21.2. The van der Waals surface area contributed by atoms with Gasteiger partial charge in [0.2, 0.25) is 6.41 Å². The predicted molar refractivity (Wildman–Crippen MR) is 129 cm³/mol.